The molecule has 110 valence electrons. The van der Waals surface area contributed by atoms with E-state index in [-0.39, 0.29) is 35.7 Å². The van der Waals surface area contributed by atoms with Crippen molar-refractivity contribution in [3.63, 3.8) is 0 Å². The van der Waals surface area contributed by atoms with E-state index in [1.54, 1.807) is 0 Å². The minimum absolute atomic E-state index is 0.0146. The van der Waals surface area contributed by atoms with Gasteiger partial charge in [-0.1, -0.05) is 20.3 Å². The summed E-state index contributed by atoms with van der Waals surface area (Å²) in [5, 5.41) is 3.35. The molecule has 2 saturated heterocycles. The Morgan fingerprint density at radius 2 is 2.11 bits per heavy atom. The maximum absolute atomic E-state index is 12.4. The van der Waals surface area contributed by atoms with Crippen LogP contribution in [0.1, 0.15) is 46.0 Å². The van der Waals surface area contributed by atoms with E-state index >= 15 is 0 Å². The predicted molar refractivity (Wildman–Crippen MR) is 74.4 cm³/mol. The fourth-order valence-corrected chi connectivity index (χ4v) is 4.84. The molecule has 2 aliphatic heterocycles. The van der Waals surface area contributed by atoms with Crippen molar-refractivity contribution >= 4 is 15.7 Å². The Morgan fingerprint density at radius 1 is 1.37 bits per heavy atom. The van der Waals surface area contributed by atoms with E-state index in [9.17, 15) is 13.2 Å². The zero-order valence-electron chi connectivity index (χ0n) is 11.8. The summed E-state index contributed by atoms with van der Waals surface area (Å²) in [6, 6.07) is -0.270. The van der Waals surface area contributed by atoms with Crippen LogP contribution >= 0.6 is 0 Å². The first kappa shape index (κ1) is 14.8. The number of rotatable bonds is 4. The van der Waals surface area contributed by atoms with Crippen LogP contribution in [0, 0.1) is 0 Å². The molecule has 6 heteroatoms. The molecule has 2 aliphatic rings. The number of nitrogens with one attached hydrogen (secondary N) is 1. The van der Waals surface area contributed by atoms with Gasteiger partial charge in [-0.15, -0.1) is 0 Å². The number of hydrogen-bond acceptors (Lipinski definition) is 4. The van der Waals surface area contributed by atoms with E-state index in [1.807, 2.05) is 11.8 Å². The predicted octanol–water partition coefficient (Wildman–Crippen LogP) is 0.900. The van der Waals surface area contributed by atoms with Crippen LogP contribution in [-0.2, 0) is 14.6 Å². The van der Waals surface area contributed by atoms with Gasteiger partial charge in [0.15, 0.2) is 9.84 Å². The van der Waals surface area contributed by atoms with Gasteiger partial charge in [0.05, 0.1) is 23.7 Å². The highest BCUT2D eigenvalue weighted by Crippen LogP contribution is 2.26. The van der Waals surface area contributed by atoms with Crippen molar-refractivity contribution in [3.05, 3.63) is 0 Å². The Kier molecular flexibility index (Phi) is 4.50. The molecular formula is C13H24N2O3S. The van der Waals surface area contributed by atoms with Gasteiger partial charge in [-0.05, 0) is 25.7 Å². The van der Waals surface area contributed by atoms with Crippen LogP contribution in [0.15, 0.2) is 0 Å². The number of sulfone groups is 1. The summed E-state index contributed by atoms with van der Waals surface area (Å²) in [5.74, 6) is 0.495. The second-order valence-electron chi connectivity index (χ2n) is 5.59. The number of nitrogens with zero attached hydrogens (tertiary/aromatic N) is 1. The van der Waals surface area contributed by atoms with Gasteiger partial charge in [0.1, 0.15) is 0 Å². The summed E-state index contributed by atoms with van der Waals surface area (Å²) in [4.78, 5) is 14.2. The summed E-state index contributed by atoms with van der Waals surface area (Å²) in [5.41, 5.74) is 0. The molecule has 1 N–H and O–H groups in total. The first-order valence-electron chi connectivity index (χ1n) is 7.27. The molecule has 0 bridgehead atoms. The Labute approximate surface area is 115 Å². The summed E-state index contributed by atoms with van der Waals surface area (Å²) < 4.78 is 23.6. The number of amides is 1. The minimum atomic E-state index is -2.98. The summed E-state index contributed by atoms with van der Waals surface area (Å²) in [6.45, 7) is 4.07. The molecule has 0 radical (unpaired) electrons. The van der Waals surface area contributed by atoms with Crippen LogP contribution in [-0.4, -0.2) is 49.0 Å². The van der Waals surface area contributed by atoms with Crippen LogP contribution in [0.5, 0.6) is 0 Å². The summed E-state index contributed by atoms with van der Waals surface area (Å²) in [6.07, 6.45) is 4.13. The second-order valence-corrected chi connectivity index (χ2v) is 7.82. The van der Waals surface area contributed by atoms with Gasteiger partial charge in [-0.2, -0.15) is 0 Å². The molecule has 0 saturated carbocycles. The van der Waals surface area contributed by atoms with E-state index in [1.165, 1.54) is 0 Å². The zero-order chi connectivity index (χ0) is 14.0. The SMILES string of the molecule is CCCC1NC(CC)C(=O)N1C1CCCS(=O)(=O)C1. The molecule has 0 aromatic rings. The van der Waals surface area contributed by atoms with Crippen molar-refractivity contribution in [2.75, 3.05) is 11.5 Å². The normalized spacial score (nSPS) is 34.7. The van der Waals surface area contributed by atoms with Crippen LogP contribution in [0.25, 0.3) is 0 Å². The van der Waals surface area contributed by atoms with Gasteiger partial charge in [0.25, 0.3) is 0 Å². The monoisotopic (exact) mass is 288 g/mol. The molecule has 0 aromatic heterocycles. The molecule has 5 nitrogen and oxygen atoms in total. The Morgan fingerprint density at radius 3 is 2.68 bits per heavy atom. The minimum Gasteiger partial charge on any atom is -0.322 e. The zero-order valence-corrected chi connectivity index (χ0v) is 12.6. The van der Waals surface area contributed by atoms with Crippen LogP contribution < -0.4 is 5.32 Å². The van der Waals surface area contributed by atoms with Crippen molar-refractivity contribution in [1.29, 1.82) is 0 Å². The average Bonchev–Trinajstić information content (AvgIpc) is 2.65. The molecule has 2 heterocycles. The van der Waals surface area contributed by atoms with E-state index in [4.69, 9.17) is 0 Å². The maximum atomic E-state index is 12.4. The Hall–Kier alpha value is -0.620. The van der Waals surface area contributed by atoms with E-state index in [2.05, 4.69) is 12.2 Å². The van der Waals surface area contributed by atoms with Gasteiger partial charge in [-0.25, -0.2) is 8.42 Å². The Balaban J connectivity index is 2.17. The fourth-order valence-electron chi connectivity index (χ4n) is 3.16. The fraction of sp³-hybridized carbons (Fsp3) is 0.923. The molecular weight excluding hydrogens is 264 g/mol. The van der Waals surface area contributed by atoms with Crippen LogP contribution in [0.4, 0.5) is 0 Å². The van der Waals surface area contributed by atoms with Gasteiger partial charge in [-0.3, -0.25) is 10.1 Å². The van der Waals surface area contributed by atoms with Crippen LogP contribution in [0.2, 0.25) is 0 Å². The average molecular weight is 288 g/mol. The molecule has 2 fully saturated rings. The lowest BCUT2D eigenvalue weighted by Gasteiger charge is -2.34. The standard InChI is InChI=1S/C13H24N2O3S/c1-3-6-12-14-11(4-2)13(16)15(12)10-7-5-8-19(17,18)9-10/h10-12,14H,3-9H2,1-2H3. The van der Waals surface area contributed by atoms with Crippen molar-refractivity contribution in [3.8, 4) is 0 Å². The van der Waals surface area contributed by atoms with Gasteiger partial charge in [0.2, 0.25) is 5.91 Å². The van der Waals surface area contributed by atoms with Crippen molar-refractivity contribution < 1.29 is 13.2 Å². The lowest BCUT2D eigenvalue weighted by molar-refractivity contribution is -0.132. The third-order valence-corrected chi connectivity index (χ3v) is 5.89. The third kappa shape index (κ3) is 3.11. The van der Waals surface area contributed by atoms with E-state index < -0.39 is 9.84 Å². The maximum Gasteiger partial charge on any atom is 0.241 e. The number of carbonyl (C=O) groups is 1. The highest BCUT2D eigenvalue weighted by molar-refractivity contribution is 7.91. The Bertz CT molecular complexity index is 435. The molecule has 2 rings (SSSR count). The van der Waals surface area contributed by atoms with Gasteiger partial charge in [0, 0.05) is 6.04 Å². The molecule has 0 aromatic carbocycles. The van der Waals surface area contributed by atoms with Crippen molar-refractivity contribution in [2.24, 2.45) is 0 Å². The second kappa shape index (κ2) is 5.79. The number of carbonyl (C=O) groups excluding carboxylic acids is 1. The molecule has 0 spiro atoms. The molecule has 0 aliphatic carbocycles. The highest BCUT2D eigenvalue weighted by Gasteiger charge is 2.43. The van der Waals surface area contributed by atoms with Crippen molar-refractivity contribution in [1.82, 2.24) is 10.2 Å². The molecule has 3 atom stereocenters. The van der Waals surface area contributed by atoms with Gasteiger partial charge >= 0.3 is 0 Å². The molecule has 3 unspecified atom stereocenters. The lowest BCUT2D eigenvalue weighted by atomic mass is 10.1. The first-order valence-corrected chi connectivity index (χ1v) is 9.09. The first-order chi connectivity index (χ1) is 8.98. The smallest absolute Gasteiger partial charge is 0.241 e. The highest BCUT2D eigenvalue weighted by atomic mass is 32.2. The summed E-state index contributed by atoms with van der Waals surface area (Å²) >= 11 is 0. The van der Waals surface area contributed by atoms with E-state index in [0.717, 1.165) is 25.7 Å². The quantitative estimate of drug-likeness (QED) is 0.834. The van der Waals surface area contributed by atoms with E-state index in [0.29, 0.717) is 6.42 Å². The summed E-state index contributed by atoms with van der Waals surface area (Å²) in [7, 11) is -2.98. The van der Waals surface area contributed by atoms with Crippen molar-refractivity contribution in [2.45, 2.75) is 64.2 Å². The topological polar surface area (TPSA) is 66.5 Å². The number of hydrogen-bond donors (Lipinski definition) is 1. The van der Waals surface area contributed by atoms with Crippen LogP contribution in [0.3, 0.4) is 0 Å². The molecule has 19 heavy (non-hydrogen) atoms. The lowest BCUT2D eigenvalue weighted by Crippen LogP contribution is -2.49. The third-order valence-electron chi connectivity index (χ3n) is 4.08. The largest absolute Gasteiger partial charge is 0.322 e. The molecule has 1 amide bonds. The van der Waals surface area contributed by atoms with Gasteiger partial charge < -0.3 is 4.90 Å².